The zero-order chi connectivity index (χ0) is 26.6. The molecule has 1 aliphatic heterocycles. The van der Waals surface area contributed by atoms with Crippen molar-refractivity contribution < 1.29 is 24.2 Å². The van der Waals surface area contributed by atoms with Gasteiger partial charge in [0.05, 0.1) is 12.6 Å². The summed E-state index contributed by atoms with van der Waals surface area (Å²) in [4.78, 5) is 42.5. The number of amides is 3. The van der Waals surface area contributed by atoms with Crippen molar-refractivity contribution in [3.05, 3.63) is 23.9 Å². The number of carbonyl (C=O) groups excluding carboxylic acids is 2. The van der Waals surface area contributed by atoms with E-state index in [1.54, 1.807) is 19.1 Å². The molecule has 2 rings (SSSR count). The van der Waals surface area contributed by atoms with E-state index in [2.05, 4.69) is 20.9 Å². The van der Waals surface area contributed by atoms with E-state index in [0.29, 0.717) is 31.0 Å². The number of aliphatic carboxylic acids is 1. The van der Waals surface area contributed by atoms with Crippen molar-refractivity contribution in [3.63, 3.8) is 0 Å². The van der Waals surface area contributed by atoms with Crippen molar-refractivity contribution in [3.8, 4) is 0 Å². The van der Waals surface area contributed by atoms with E-state index in [-0.39, 0.29) is 30.7 Å². The van der Waals surface area contributed by atoms with Crippen LogP contribution in [0.2, 0.25) is 0 Å². The molecule has 6 N–H and O–H groups in total. The Hall–Kier alpha value is -2.88. The molecule has 2 heterocycles. The minimum Gasteiger partial charge on any atom is -0.479 e. The number of carbonyl (C=O) groups is 3. The second-order valence-electron chi connectivity index (χ2n) is 10.0. The average Bonchev–Trinajstić information content (AvgIpc) is 2.83. The Balaban J connectivity index is 2.14. The fourth-order valence-electron chi connectivity index (χ4n) is 4.26. The first-order valence-corrected chi connectivity index (χ1v) is 13.1. The van der Waals surface area contributed by atoms with Crippen LogP contribution in [0.15, 0.2) is 18.3 Å². The van der Waals surface area contributed by atoms with Crippen LogP contribution < -0.4 is 21.7 Å². The molecule has 3 amide bonds. The first-order chi connectivity index (χ1) is 17.2. The Morgan fingerprint density at radius 2 is 1.92 bits per heavy atom. The molecule has 1 saturated heterocycles. The van der Waals surface area contributed by atoms with Crippen LogP contribution >= 0.6 is 0 Å². The van der Waals surface area contributed by atoms with Crippen LogP contribution in [-0.4, -0.2) is 58.8 Å². The molecule has 3 atom stereocenters. The highest BCUT2D eigenvalue weighted by atomic mass is 16.5. The minimum atomic E-state index is -1.56. The second-order valence-corrected chi connectivity index (χ2v) is 10.0. The third-order valence-corrected chi connectivity index (χ3v) is 6.80. The number of urea groups is 1. The Bertz CT molecular complexity index is 848. The maximum Gasteiger partial charge on any atom is 0.329 e. The Morgan fingerprint density at radius 1 is 1.22 bits per heavy atom. The SMILES string of the molecule is CC[C@@](Cc1ccc(N)nc1)(NC(=O)N[C@@H]1CCCCCCCCOC[C@H](C(C)C)NC1=O)C(=O)O. The van der Waals surface area contributed by atoms with E-state index in [1.165, 1.54) is 6.20 Å². The number of hydrogen-bond acceptors (Lipinski definition) is 6. The predicted octanol–water partition coefficient (Wildman–Crippen LogP) is 3.01. The van der Waals surface area contributed by atoms with Gasteiger partial charge in [-0.25, -0.2) is 14.6 Å². The molecule has 0 unspecified atom stereocenters. The third kappa shape index (κ3) is 9.29. The lowest BCUT2D eigenvalue weighted by Crippen LogP contribution is -2.61. The second kappa shape index (κ2) is 14.6. The van der Waals surface area contributed by atoms with Gasteiger partial charge in [0.25, 0.3) is 0 Å². The zero-order valence-electron chi connectivity index (χ0n) is 21.8. The summed E-state index contributed by atoms with van der Waals surface area (Å²) in [6, 6.07) is 1.62. The minimum absolute atomic E-state index is 0.0309. The molecule has 10 heteroatoms. The number of carboxylic acid groups (broad SMARTS) is 1. The Labute approximate surface area is 214 Å². The van der Waals surface area contributed by atoms with Crippen LogP contribution in [0.25, 0.3) is 0 Å². The van der Waals surface area contributed by atoms with Gasteiger partial charge in [0.2, 0.25) is 5.91 Å². The van der Waals surface area contributed by atoms with E-state index in [9.17, 15) is 19.5 Å². The summed E-state index contributed by atoms with van der Waals surface area (Å²) < 4.78 is 5.80. The lowest BCUT2D eigenvalue weighted by molar-refractivity contribution is -0.144. The molecule has 10 nitrogen and oxygen atoms in total. The van der Waals surface area contributed by atoms with Gasteiger partial charge in [0.15, 0.2) is 0 Å². The van der Waals surface area contributed by atoms with E-state index in [4.69, 9.17) is 10.5 Å². The van der Waals surface area contributed by atoms with Crippen LogP contribution in [0.3, 0.4) is 0 Å². The van der Waals surface area contributed by atoms with Crippen molar-refractivity contribution in [1.82, 2.24) is 20.9 Å². The smallest absolute Gasteiger partial charge is 0.329 e. The molecule has 0 bridgehead atoms. The largest absolute Gasteiger partial charge is 0.479 e. The molecule has 202 valence electrons. The van der Waals surface area contributed by atoms with Gasteiger partial charge in [-0.1, -0.05) is 58.9 Å². The highest BCUT2D eigenvalue weighted by Gasteiger charge is 2.39. The Kier molecular flexibility index (Phi) is 11.9. The number of rotatable bonds is 7. The van der Waals surface area contributed by atoms with Gasteiger partial charge in [0, 0.05) is 19.2 Å². The molecule has 0 spiro atoms. The highest BCUT2D eigenvalue weighted by Crippen LogP contribution is 2.19. The number of hydrogen-bond donors (Lipinski definition) is 5. The summed E-state index contributed by atoms with van der Waals surface area (Å²) in [5, 5.41) is 18.4. The van der Waals surface area contributed by atoms with Crippen molar-refractivity contribution in [2.75, 3.05) is 18.9 Å². The van der Waals surface area contributed by atoms with E-state index < -0.39 is 23.6 Å². The topological polar surface area (TPSA) is 156 Å². The average molecular weight is 506 g/mol. The summed E-state index contributed by atoms with van der Waals surface area (Å²) in [7, 11) is 0. The third-order valence-electron chi connectivity index (χ3n) is 6.80. The molecular weight excluding hydrogens is 462 g/mol. The predicted molar refractivity (Wildman–Crippen MR) is 138 cm³/mol. The molecule has 1 fully saturated rings. The van der Waals surface area contributed by atoms with E-state index in [1.807, 2.05) is 13.8 Å². The van der Waals surface area contributed by atoms with E-state index >= 15 is 0 Å². The van der Waals surface area contributed by atoms with Crippen LogP contribution in [0.5, 0.6) is 0 Å². The summed E-state index contributed by atoms with van der Waals surface area (Å²) in [5.74, 6) is -0.967. The van der Waals surface area contributed by atoms with Gasteiger partial charge >= 0.3 is 12.0 Å². The lowest BCUT2D eigenvalue weighted by atomic mass is 9.88. The summed E-state index contributed by atoms with van der Waals surface area (Å²) in [6.45, 7) is 6.81. The maximum atomic E-state index is 13.2. The van der Waals surface area contributed by atoms with E-state index in [0.717, 1.165) is 38.5 Å². The van der Waals surface area contributed by atoms with Gasteiger partial charge in [-0.05, 0) is 36.8 Å². The molecule has 1 aliphatic rings. The van der Waals surface area contributed by atoms with Gasteiger partial charge < -0.3 is 31.5 Å². The summed E-state index contributed by atoms with van der Waals surface area (Å²) in [6.07, 6.45) is 8.18. The molecule has 36 heavy (non-hydrogen) atoms. The fourth-order valence-corrected chi connectivity index (χ4v) is 4.26. The van der Waals surface area contributed by atoms with Crippen LogP contribution in [0.1, 0.15) is 77.7 Å². The number of carboxylic acids is 1. The lowest BCUT2D eigenvalue weighted by Gasteiger charge is -2.31. The molecule has 0 aromatic carbocycles. The number of aromatic nitrogens is 1. The zero-order valence-corrected chi connectivity index (χ0v) is 21.8. The quantitative estimate of drug-likeness (QED) is 0.381. The monoisotopic (exact) mass is 505 g/mol. The number of nitrogens with zero attached hydrogens (tertiary/aromatic N) is 1. The first-order valence-electron chi connectivity index (χ1n) is 13.1. The van der Waals surface area contributed by atoms with Crippen LogP contribution in [0.4, 0.5) is 10.6 Å². The fraction of sp³-hybridized carbons (Fsp3) is 0.692. The van der Waals surface area contributed by atoms with Gasteiger partial charge in [-0.3, -0.25) is 4.79 Å². The molecule has 0 saturated carbocycles. The van der Waals surface area contributed by atoms with Crippen molar-refractivity contribution in [2.45, 2.75) is 96.2 Å². The van der Waals surface area contributed by atoms with Crippen molar-refractivity contribution >= 4 is 23.7 Å². The van der Waals surface area contributed by atoms with Crippen molar-refractivity contribution in [1.29, 1.82) is 0 Å². The molecule has 1 aromatic rings. The number of pyridine rings is 1. The Morgan fingerprint density at radius 3 is 2.53 bits per heavy atom. The van der Waals surface area contributed by atoms with Crippen LogP contribution in [0, 0.1) is 5.92 Å². The molecular formula is C26H43N5O5. The number of nitrogens with one attached hydrogen (secondary N) is 3. The first kappa shape index (κ1) is 29.4. The molecule has 1 aromatic heterocycles. The number of ether oxygens (including phenoxy) is 1. The van der Waals surface area contributed by atoms with Gasteiger partial charge in [-0.2, -0.15) is 0 Å². The molecule has 0 radical (unpaired) electrons. The maximum absolute atomic E-state index is 13.2. The number of anilines is 1. The normalized spacial score (nSPS) is 22.1. The van der Waals surface area contributed by atoms with Gasteiger partial charge in [0.1, 0.15) is 17.4 Å². The molecule has 0 aliphatic carbocycles. The van der Waals surface area contributed by atoms with Crippen molar-refractivity contribution in [2.24, 2.45) is 5.92 Å². The summed E-state index contributed by atoms with van der Waals surface area (Å²) in [5.41, 5.74) is 4.70. The van der Waals surface area contributed by atoms with Crippen LogP contribution in [-0.2, 0) is 20.7 Å². The highest BCUT2D eigenvalue weighted by molar-refractivity contribution is 5.90. The standard InChI is InChI=1S/C26H43N5O5/c1-4-26(24(33)34,15-19-12-13-22(27)28-16-19)31-25(35)30-20-11-9-7-5-6-8-10-14-36-17-21(18(2)3)29-23(20)32/h12-13,16,18,20-21H,4-11,14-15,17H2,1-3H3,(H2,27,28)(H,29,32)(H,33,34)(H2,30,31,35)/t20-,21-,26+/m1/s1. The number of nitrogen functional groups attached to an aromatic ring is 1. The van der Waals surface area contributed by atoms with Gasteiger partial charge in [-0.15, -0.1) is 0 Å². The summed E-state index contributed by atoms with van der Waals surface area (Å²) >= 11 is 0. The number of nitrogens with two attached hydrogens (primary N) is 1.